The largest absolute Gasteiger partial charge is 0.368 e. The molecule has 1 saturated heterocycles. The van der Waals surface area contributed by atoms with Gasteiger partial charge >= 0.3 is 0 Å². The molecule has 0 amide bonds. The van der Waals surface area contributed by atoms with Gasteiger partial charge in [-0.3, -0.25) is 4.90 Å². The monoisotopic (exact) mass is 255 g/mol. The topological polar surface area (TPSA) is 58.3 Å². The number of nitrogen functional groups attached to an aromatic ring is 1. The van der Waals surface area contributed by atoms with E-state index in [0.717, 1.165) is 18.9 Å². The summed E-state index contributed by atoms with van der Waals surface area (Å²) in [6.07, 6.45) is 0. The van der Waals surface area contributed by atoms with Gasteiger partial charge in [0.1, 0.15) is 11.0 Å². The lowest BCUT2D eigenvalue weighted by Gasteiger charge is -2.42. The van der Waals surface area contributed by atoms with Crippen molar-refractivity contribution in [3.05, 3.63) is 11.2 Å². The molecule has 1 aliphatic heterocycles. The van der Waals surface area contributed by atoms with Gasteiger partial charge in [0, 0.05) is 31.2 Å². The summed E-state index contributed by atoms with van der Waals surface area (Å²) in [5.74, 6) is 1.04. The molecule has 0 saturated carbocycles. The van der Waals surface area contributed by atoms with Gasteiger partial charge in [0.15, 0.2) is 0 Å². The first kappa shape index (κ1) is 12.4. The summed E-state index contributed by atoms with van der Waals surface area (Å²) >= 11 is 5.90. The van der Waals surface area contributed by atoms with Gasteiger partial charge in [0.2, 0.25) is 5.95 Å². The van der Waals surface area contributed by atoms with Crippen LogP contribution in [0.5, 0.6) is 0 Å². The molecule has 2 atom stereocenters. The van der Waals surface area contributed by atoms with Gasteiger partial charge in [-0.1, -0.05) is 11.6 Å². The van der Waals surface area contributed by atoms with Gasteiger partial charge in [-0.2, -0.15) is 4.98 Å². The molecule has 94 valence electrons. The van der Waals surface area contributed by atoms with Crippen LogP contribution in [0, 0.1) is 0 Å². The van der Waals surface area contributed by atoms with Crippen LogP contribution in [-0.2, 0) is 0 Å². The molecular weight excluding hydrogens is 238 g/mol. The highest BCUT2D eigenvalue weighted by Crippen LogP contribution is 2.22. The Morgan fingerprint density at radius 2 is 1.88 bits per heavy atom. The second-order valence-corrected chi connectivity index (χ2v) is 5.06. The van der Waals surface area contributed by atoms with Crippen molar-refractivity contribution in [2.45, 2.75) is 25.9 Å². The van der Waals surface area contributed by atoms with Gasteiger partial charge in [0.05, 0.1) is 0 Å². The van der Waals surface area contributed by atoms with Crippen LogP contribution in [0.2, 0.25) is 5.15 Å². The van der Waals surface area contributed by atoms with E-state index in [1.807, 2.05) is 0 Å². The standard InChI is InChI=1S/C11H18ClN5/c1-7-5-17(6-8(2)16(7)3)10-4-9(12)14-11(13)15-10/h4,7-8H,5-6H2,1-3H3,(H2,13,14,15). The van der Waals surface area contributed by atoms with E-state index in [2.05, 4.69) is 40.7 Å². The summed E-state index contributed by atoms with van der Waals surface area (Å²) in [5, 5.41) is 0.395. The van der Waals surface area contributed by atoms with Crippen molar-refractivity contribution in [1.29, 1.82) is 0 Å². The van der Waals surface area contributed by atoms with Crippen LogP contribution in [0.15, 0.2) is 6.07 Å². The molecule has 0 spiro atoms. The van der Waals surface area contributed by atoms with Crippen LogP contribution in [0.4, 0.5) is 11.8 Å². The van der Waals surface area contributed by atoms with Crippen molar-refractivity contribution in [3.8, 4) is 0 Å². The quantitative estimate of drug-likeness (QED) is 0.766. The Bertz CT molecular complexity index is 379. The first-order chi connectivity index (χ1) is 7.97. The fourth-order valence-electron chi connectivity index (χ4n) is 2.18. The maximum absolute atomic E-state index is 5.90. The van der Waals surface area contributed by atoms with Crippen LogP contribution in [0.1, 0.15) is 13.8 Å². The first-order valence-electron chi connectivity index (χ1n) is 5.74. The molecule has 2 heterocycles. The molecule has 0 radical (unpaired) electrons. The second-order valence-electron chi connectivity index (χ2n) is 4.68. The van der Waals surface area contributed by atoms with E-state index in [-0.39, 0.29) is 5.95 Å². The summed E-state index contributed by atoms with van der Waals surface area (Å²) in [6, 6.07) is 2.73. The number of nitrogens with zero attached hydrogens (tertiary/aromatic N) is 4. The number of halogens is 1. The van der Waals surface area contributed by atoms with Crippen LogP contribution < -0.4 is 10.6 Å². The van der Waals surface area contributed by atoms with Gasteiger partial charge in [0.25, 0.3) is 0 Å². The summed E-state index contributed by atoms with van der Waals surface area (Å²) < 4.78 is 0. The third-order valence-corrected chi connectivity index (χ3v) is 3.58. The number of hydrogen-bond donors (Lipinski definition) is 1. The molecule has 5 nitrogen and oxygen atoms in total. The summed E-state index contributed by atoms with van der Waals surface area (Å²) in [7, 11) is 2.15. The van der Waals surface area contributed by atoms with E-state index in [1.165, 1.54) is 0 Å². The van der Waals surface area contributed by atoms with Crippen LogP contribution in [-0.4, -0.2) is 47.1 Å². The number of rotatable bonds is 1. The number of likely N-dealkylation sites (N-methyl/N-ethyl adjacent to an activating group) is 1. The Balaban J connectivity index is 2.22. The number of piperazine rings is 1. The van der Waals surface area contributed by atoms with Crippen LogP contribution >= 0.6 is 11.6 Å². The number of anilines is 2. The molecule has 2 unspecified atom stereocenters. The SMILES string of the molecule is CC1CN(c2cc(Cl)nc(N)n2)CC(C)N1C. The summed E-state index contributed by atoms with van der Waals surface area (Å²) in [6.45, 7) is 6.25. The van der Waals surface area contributed by atoms with Crippen molar-refractivity contribution in [2.24, 2.45) is 0 Å². The normalized spacial score (nSPS) is 26.2. The minimum Gasteiger partial charge on any atom is -0.368 e. The van der Waals surface area contributed by atoms with Crippen molar-refractivity contribution in [1.82, 2.24) is 14.9 Å². The van der Waals surface area contributed by atoms with E-state index in [1.54, 1.807) is 6.07 Å². The maximum Gasteiger partial charge on any atom is 0.223 e. The van der Waals surface area contributed by atoms with Gasteiger partial charge in [-0.05, 0) is 20.9 Å². The minimum atomic E-state index is 0.228. The molecule has 1 aromatic heterocycles. The average molecular weight is 256 g/mol. The zero-order valence-corrected chi connectivity index (χ0v) is 11.1. The van der Waals surface area contributed by atoms with Crippen molar-refractivity contribution >= 4 is 23.4 Å². The van der Waals surface area contributed by atoms with Crippen molar-refractivity contribution < 1.29 is 0 Å². The first-order valence-corrected chi connectivity index (χ1v) is 6.12. The van der Waals surface area contributed by atoms with E-state index in [4.69, 9.17) is 17.3 Å². The lowest BCUT2D eigenvalue weighted by molar-refractivity contribution is 0.169. The Kier molecular flexibility index (Phi) is 3.40. The number of aromatic nitrogens is 2. The zero-order chi connectivity index (χ0) is 12.6. The molecular formula is C11H18ClN5. The predicted octanol–water partition coefficient (Wildman–Crippen LogP) is 1.24. The van der Waals surface area contributed by atoms with Gasteiger partial charge in [-0.15, -0.1) is 0 Å². The molecule has 1 fully saturated rings. The number of hydrogen-bond acceptors (Lipinski definition) is 5. The molecule has 2 N–H and O–H groups in total. The highest BCUT2D eigenvalue weighted by atomic mass is 35.5. The van der Waals surface area contributed by atoms with Gasteiger partial charge < -0.3 is 10.6 Å². The molecule has 6 heteroatoms. The maximum atomic E-state index is 5.90. The molecule has 0 bridgehead atoms. The average Bonchev–Trinajstić information content (AvgIpc) is 2.23. The lowest BCUT2D eigenvalue weighted by atomic mass is 10.1. The Hall–Kier alpha value is -1.07. The predicted molar refractivity (Wildman–Crippen MR) is 70.4 cm³/mol. The van der Waals surface area contributed by atoms with E-state index in [9.17, 15) is 0 Å². The Morgan fingerprint density at radius 1 is 1.29 bits per heavy atom. The molecule has 17 heavy (non-hydrogen) atoms. The Morgan fingerprint density at radius 3 is 2.41 bits per heavy atom. The van der Waals surface area contributed by atoms with Crippen LogP contribution in [0.3, 0.4) is 0 Å². The molecule has 0 aliphatic carbocycles. The summed E-state index contributed by atoms with van der Waals surface area (Å²) in [5.41, 5.74) is 5.62. The second kappa shape index (κ2) is 4.66. The summed E-state index contributed by atoms with van der Waals surface area (Å²) in [4.78, 5) is 12.7. The molecule has 1 aromatic rings. The molecule has 2 rings (SSSR count). The highest BCUT2D eigenvalue weighted by Gasteiger charge is 2.27. The third-order valence-electron chi connectivity index (χ3n) is 3.38. The lowest BCUT2D eigenvalue weighted by Crippen LogP contribution is -2.55. The molecule has 1 aliphatic rings. The zero-order valence-electron chi connectivity index (χ0n) is 10.4. The van der Waals surface area contributed by atoms with E-state index >= 15 is 0 Å². The van der Waals surface area contributed by atoms with E-state index < -0.39 is 0 Å². The fourth-order valence-corrected chi connectivity index (χ4v) is 2.36. The van der Waals surface area contributed by atoms with Crippen molar-refractivity contribution in [3.63, 3.8) is 0 Å². The Labute approximate surface area is 107 Å². The fraction of sp³-hybridized carbons (Fsp3) is 0.636. The molecule has 0 aromatic carbocycles. The van der Waals surface area contributed by atoms with Crippen LogP contribution in [0.25, 0.3) is 0 Å². The third kappa shape index (κ3) is 2.61. The van der Waals surface area contributed by atoms with E-state index in [0.29, 0.717) is 17.2 Å². The van der Waals surface area contributed by atoms with Gasteiger partial charge in [-0.25, -0.2) is 4.98 Å². The minimum absolute atomic E-state index is 0.228. The van der Waals surface area contributed by atoms with Crippen molar-refractivity contribution in [2.75, 3.05) is 30.8 Å². The number of nitrogens with two attached hydrogens (primary N) is 1. The smallest absolute Gasteiger partial charge is 0.223 e. The highest BCUT2D eigenvalue weighted by molar-refractivity contribution is 6.29.